The minimum Gasteiger partial charge on any atom is -0.380 e. The third kappa shape index (κ3) is 2.53. The molecule has 1 atom stereocenters. The monoisotopic (exact) mass is 298 g/mol. The van der Waals surface area contributed by atoms with E-state index >= 15 is 0 Å². The summed E-state index contributed by atoms with van der Waals surface area (Å²) < 4.78 is 0. The lowest BCUT2D eigenvalue weighted by Crippen LogP contribution is -2.19. The molecular formula is C21H18N2. The molecule has 0 fully saturated rings. The van der Waals surface area contributed by atoms with Crippen molar-refractivity contribution in [2.75, 3.05) is 0 Å². The number of aryl methyl sites for hydroxylation is 1. The van der Waals surface area contributed by atoms with E-state index < -0.39 is 0 Å². The number of nitrogens with zero attached hydrogens (tertiary/aromatic N) is 1. The standard InChI is InChI=1S/C21H18N2/c1-15-6-4-7-16(14-15)21-19(9-5-12-23-21)17-11-13-22-20-10-3-2-8-18(17)20/h2-14,21,23H,1H3. The van der Waals surface area contributed by atoms with E-state index in [-0.39, 0.29) is 6.04 Å². The van der Waals surface area contributed by atoms with Crippen LogP contribution in [0, 0.1) is 6.92 Å². The van der Waals surface area contributed by atoms with Gasteiger partial charge in [0.25, 0.3) is 0 Å². The van der Waals surface area contributed by atoms with Gasteiger partial charge in [-0.15, -0.1) is 0 Å². The van der Waals surface area contributed by atoms with Crippen LogP contribution in [0.2, 0.25) is 0 Å². The minimum absolute atomic E-state index is 0.158. The first-order valence-electron chi connectivity index (χ1n) is 7.86. The first kappa shape index (κ1) is 13.8. The fourth-order valence-corrected chi connectivity index (χ4v) is 3.21. The van der Waals surface area contributed by atoms with E-state index in [2.05, 4.69) is 77.9 Å². The van der Waals surface area contributed by atoms with Gasteiger partial charge in [-0.25, -0.2) is 0 Å². The maximum atomic E-state index is 4.48. The Morgan fingerprint density at radius 2 is 1.91 bits per heavy atom. The molecule has 2 aromatic carbocycles. The number of dihydropyridines is 1. The third-order valence-corrected chi connectivity index (χ3v) is 4.28. The van der Waals surface area contributed by atoms with Crippen LogP contribution in [0.25, 0.3) is 16.5 Å². The summed E-state index contributed by atoms with van der Waals surface area (Å²) in [5.74, 6) is 0. The number of allylic oxidation sites excluding steroid dienone is 2. The lowest BCUT2D eigenvalue weighted by atomic mass is 9.89. The predicted octanol–water partition coefficient (Wildman–Crippen LogP) is 4.78. The van der Waals surface area contributed by atoms with Gasteiger partial charge in [-0.05, 0) is 48.0 Å². The summed E-state index contributed by atoms with van der Waals surface area (Å²) >= 11 is 0. The molecule has 1 N–H and O–H groups in total. The molecule has 3 aromatic rings. The molecule has 0 saturated heterocycles. The van der Waals surface area contributed by atoms with E-state index in [1.807, 2.05) is 18.5 Å². The molecule has 1 aromatic heterocycles. The minimum atomic E-state index is 0.158. The smallest absolute Gasteiger partial charge is 0.0768 e. The molecule has 1 unspecified atom stereocenters. The molecule has 2 heterocycles. The summed E-state index contributed by atoms with van der Waals surface area (Å²) in [6.45, 7) is 2.13. The van der Waals surface area contributed by atoms with Gasteiger partial charge >= 0.3 is 0 Å². The Morgan fingerprint density at radius 3 is 2.83 bits per heavy atom. The molecule has 2 heteroatoms. The second-order valence-corrected chi connectivity index (χ2v) is 5.87. The molecule has 23 heavy (non-hydrogen) atoms. The fraction of sp³-hybridized carbons (Fsp3) is 0.0952. The van der Waals surface area contributed by atoms with Crippen LogP contribution in [0.3, 0.4) is 0 Å². The molecular weight excluding hydrogens is 280 g/mol. The molecule has 4 rings (SSSR count). The summed E-state index contributed by atoms with van der Waals surface area (Å²) in [6.07, 6.45) is 8.17. The SMILES string of the molecule is Cc1cccc(C2NC=CC=C2c2ccnc3ccccc23)c1. The van der Waals surface area contributed by atoms with Crippen molar-refractivity contribution < 1.29 is 0 Å². The zero-order valence-electron chi connectivity index (χ0n) is 13.0. The number of hydrogen-bond acceptors (Lipinski definition) is 2. The quantitative estimate of drug-likeness (QED) is 0.736. The maximum Gasteiger partial charge on any atom is 0.0768 e. The van der Waals surface area contributed by atoms with Crippen LogP contribution in [-0.4, -0.2) is 4.98 Å². The number of rotatable bonds is 2. The summed E-state index contributed by atoms with van der Waals surface area (Å²) in [5.41, 5.74) is 6.10. The zero-order chi connectivity index (χ0) is 15.6. The first-order valence-corrected chi connectivity index (χ1v) is 7.86. The number of pyridine rings is 1. The topological polar surface area (TPSA) is 24.9 Å². The Kier molecular flexibility index (Phi) is 3.43. The van der Waals surface area contributed by atoms with Gasteiger partial charge in [-0.2, -0.15) is 0 Å². The van der Waals surface area contributed by atoms with E-state index in [1.54, 1.807) is 0 Å². The van der Waals surface area contributed by atoms with Gasteiger partial charge < -0.3 is 5.32 Å². The van der Waals surface area contributed by atoms with Crippen molar-refractivity contribution in [2.24, 2.45) is 0 Å². The van der Waals surface area contributed by atoms with Crippen LogP contribution >= 0.6 is 0 Å². The summed E-state index contributed by atoms with van der Waals surface area (Å²) in [4.78, 5) is 4.48. The average molecular weight is 298 g/mol. The molecule has 0 saturated carbocycles. The van der Waals surface area contributed by atoms with Crippen LogP contribution in [0.5, 0.6) is 0 Å². The molecule has 0 radical (unpaired) electrons. The van der Waals surface area contributed by atoms with Gasteiger partial charge in [0.15, 0.2) is 0 Å². The van der Waals surface area contributed by atoms with Crippen molar-refractivity contribution in [2.45, 2.75) is 13.0 Å². The van der Waals surface area contributed by atoms with Crippen LogP contribution in [0.4, 0.5) is 0 Å². The number of aromatic nitrogens is 1. The maximum absolute atomic E-state index is 4.48. The van der Waals surface area contributed by atoms with Gasteiger partial charge in [0, 0.05) is 11.6 Å². The Hall–Kier alpha value is -2.87. The Bertz CT molecular complexity index is 917. The Balaban J connectivity index is 1.87. The second kappa shape index (κ2) is 5.73. The lowest BCUT2D eigenvalue weighted by Gasteiger charge is -2.25. The third-order valence-electron chi connectivity index (χ3n) is 4.28. The number of para-hydroxylation sites is 1. The molecule has 0 amide bonds. The van der Waals surface area contributed by atoms with Gasteiger partial charge in [0.2, 0.25) is 0 Å². The number of benzene rings is 2. The lowest BCUT2D eigenvalue weighted by molar-refractivity contribution is 0.764. The summed E-state index contributed by atoms with van der Waals surface area (Å²) in [6, 6.07) is 19.3. The molecule has 2 nitrogen and oxygen atoms in total. The van der Waals surface area contributed by atoms with Crippen molar-refractivity contribution in [1.82, 2.24) is 10.3 Å². The molecule has 0 spiro atoms. The van der Waals surface area contributed by atoms with Crippen LogP contribution < -0.4 is 5.32 Å². The summed E-state index contributed by atoms with van der Waals surface area (Å²) in [7, 11) is 0. The molecule has 0 aliphatic carbocycles. The highest BCUT2D eigenvalue weighted by molar-refractivity contribution is 5.93. The average Bonchev–Trinajstić information content (AvgIpc) is 2.61. The van der Waals surface area contributed by atoms with E-state index in [0.717, 1.165) is 5.52 Å². The molecule has 1 aliphatic heterocycles. The first-order chi connectivity index (χ1) is 11.3. The van der Waals surface area contributed by atoms with Crippen molar-refractivity contribution >= 4 is 16.5 Å². The van der Waals surface area contributed by atoms with Crippen LogP contribution in [0.1, 0.15) is 22.7 Å². The van der Waals surface area contributed by atoms with E-state index in [0.29, 0.717) is 0 Å². The normalized spacial score (nSPS) is 16.9. The molecule has 1 aliphatic rings. The van der Waals surface area contributed by atoms with E-state index in [4.69, 9.17) is 0 Å². The van der Waals surface area contributed by atoms with Gasteiger partial charge in [-0.1, -0.05) is 54.1 Å². The number of nitrogens with one attached hydrogen (secondary N) is 1. The van der Waals surface area contributed by atoms with Crippen molar-refractivity contribution in [3.8, 4) is 0 Å². The van der Waals surface area contributed by atoms with Crippen molar-refractivity contribution in [3.05, 3.63) is 95.8 Å². The van der Waals surface area contributed by atoms with Crippen LogP contribution in [0.15, 0.2) is 79.1 Å². The number of fused-ring (bicyclic) bond motifs is 1. The van der Waals surface area contributed by atoms with E-state index in [1.165, 1.54) is 27.6 Å². The van der Waals surface area contributed by atoms with E-state index in [9.17, 15) is 0 Å². The largest absolute Gasteiger partial charge is 0.380 e. The highest BCUT2D eigenvalue weighted by atomic mass is 14.9. The van der Waals surface area contributed by atoms with Gasteiger partial charge in [0.1, 0.15) is 0 Å². The Labute approximate surface area is 136 Å². The fourth-order valence-electron chi connectivity index (χ4n) is 3.21. The molecule has 0 bridgehead atoms. The summed E-state index contributed by atoms with van der Waals surface area (Å²) in [5, 5.41) is 4.70. The molecule has 112 valence electrons. The second-order valence-electron chi connectivity index (χ2n) is 5.87. The van der Waals surface area contributed by atoms with Crippen molar-refractivity contribution in [3.63, 3.8) is 0 Å². The van der Waals surface area contributed by atoms with Gasteiger partial charge in [0.05, 0.1) is 11.6 Å². The van der Waals surface area contributed by atoms with Crippen LogP contribution in [-0.2, 0) is 0 Å². The van der Waals surface area contributed by atoms with Gasteiger partial charge in [-0.3, -0.25) is 4.98 Å². The Morgan fingerprint density at radius 1 is 1.00 bits per heavy atom. The highest BCUT2D eigenvalue weighted by Gasteiger charge is 2.20. The van der Waals surface area contributed by atoms with Crippen molar-refractivity contribution in [1.29, 1.82) is 0 Å². The highest BCUT2D eigenvalue weighted by Crippen LogP contribution is 2.35. The zero-order valence-corrected chi connectivity index (χ0v) is 13.0. The number of hydrogen-bond donors (Lipinski definition) is 1. The predicted molar refractivity (Wildman–Crippen MR) is 95.9 cm³/mol.